The van der Waals surface area contributed by atoms with Crippen molar-refractivity contribution in [1.82, 2.24) is 14.5 Å². The molecule has 2 aromatic heterocycles. The minimum absolute atomic E-state index is 0.106. The minimum Gasteiger partial charge on any atom is -0.497 e. The summed E-state index contributed by atoms with van der Waals surface area (Å²) in [4.78, 5) is 24.2. The van der Waals surface area contributed by atoms with Crippen molar-refractivity contribution in [2.45, 2.75) is 12.8 Å². The number of aryl methyl sites for hydroxylation is 1. The van der Waals surface area contributed by atoms with Crippen LogP contribution in [0.5, 0.6) is 5.75 Å². The Morgan fingerprint density at radius 2 is 1.77 bits per heavy atom. The van der Waals surface area contributed by atoms with E-state index in [0.29, 0.717) is 11.4 Å². The van der Waals surface area contributed by atoms with E-state index in [1.807, 2.05) is 30.3 Å². The van der Waals surface area contributed by atoms with Gasteiger partial charge in [0.05, 0.1) is 13.7 Å². The molecular formula is C28H29N5O2. The summed E-state index contributed by atoms with van der Waals surface area (Å²) in [6.07, 6.45) is 5.93. The maximum absolute atomic E-state index is 12.3. The van der Waals surface area contributed by atoms with E-state index in [2.05, 4.69) is 38.0 Å². The third-order valence-corrected chi connectivity index (χ3v) is 6.79. The van der Waals surface area contributed by atoms with Crippen LogP contribution in [0.15, 0.2) is 71.8 Å². The fraction of sp³-hybridized carbons (Fsp3) is 0.286. The van der Waals surface area contributed by atoms with E-state index in [4.69, 9.17) is 11.3 Å². The van der Waals surface area contributed by atoms with Gasteiger partial charge in [-0.2, -0.15) is 0 Å². The monoisotopic (exact) mass is 467 g/mol. The van der Waals surface area contributed by atoms with Gasteiger partial charge in [0.25, 0.3) is 5.56 Å². The summed E-state index contributed by atoms with van der Waals surface area (Å²) in [7, 11) is 1.56. The lowest BCUT2D eigenvalue weighted by Gasteiger charge is -2.36. The number of aromatic nitrogens is 2. The number of fused-ring (bicyclic) bond motifs is 1. The van der Waals surface area contributed by atoms with Crippen molar-refractivity contribution >= 4 is 22.3 Å². The fourth-order valence-corrected chi connectivity index (χ4v) is 4.79. The van der Waals surface area contributed by atoms with E-state index in [1.165, 1.54) is 22.7 Å². The van der Waals surface area contributed by atoms with Crippen LogP contribution in [0.2, 0.25) is 0 Å². The van der Waals surface area contributed by atoms with Crippen LogP contribution in [-0.2, 0) is 6.42 Å². The van der Waals surface area contributed by atoms with E-state index in [9.17, 15) is 4.79 Å². The van der Waals surface area contributed by atoms with E-state index >= 15 is 0 Å². The minimum atomic E-state index is -0.106. The summed E-state index contributed by atoms with van der Waals surface area (Å²) in [5.74, 6) is 0.566. The Labute approximate surface area is 205 Å². The smallest absolute Gasteiger partial charge is 0.258 e. The Kier molecular flexibility index (Phi) is 6.55. The first kappa shape index (κ1) is 22.8. The molecule has 1 aliphatic heterocycles. The molecule has 0 atom stereocenters. The fourth-order valence-electron chi connectivity index (χ4n) is 4.79. The average molecular weight is 468 g/mol. The van der Waals surface area contributed by atoms with Gasteiger partial charge in [0.2, 0.25) is 0 Å². The summed E-state index contributed by atoms with van der Waals surface area (Å²) in [6, 6.07) is 17.3. The number of H-pyrrole nitrogens is 1. The van der Waals surface area contributed by atoms with Crippen molar-refractivity contribution in [1.29, 1.82) is 0 Å². The first-order chi connectivity index (χ1) is 17.1. The van der Waals surface area contributed by atoms with Gasteiger partial charge in [0.1, 0.15) is 5.75 Å². The zero-order chi connectivity index (χ0) is 24.2. The van der Waals surface area contributed by atoms with Crippen LogP contribution in [0.1, 0.15) is 12.0 Å². The molecule has 1 aliphatic rings. The number of nitrogens with one attached hydrogen (secondary N) is 1. The van der Waals surface area contributed by atoms with Crippen molar-refractivity contribution in [2.24, 2.45) is 0 Å². The lowest BCUT2D eigenvalue weighted by molar-refractivity contribution is 0.255. The summed E-state index contributed by atoms with van der Waals surface area (Å²) in [6.45, 7) is 12.4. The average Bonchev–Trinajstić information content (AvgIpc) is 3.31. The van der Waals surface area contributed by atoms with E-state index in [1.54, 1.807) is 23.9 Å². The van der Waals surface area contributed by atoms with E-state index in [-0.39, 0.29) is 5.56 Å². The summed E-state index contributed by atoms with van der Waals surface area (Å²) >= 11 is 0. The molecule has 3 heterocycles. The molecule has 1 N–H and O–H groups in total. The molecule has 5 rings (SSSR count). The van der Waals surface area contributed by atoms with Crippen LogP contribution >= 0.6 is 0 Å². The molecule has 0 spiro atoms. The van der Waals surface area contributed by atoms with Gasteiger partial charge < -0.3 is 14.6 Å². The molecule has 0 bridgehead atoms. The van der Waals surface area contributed by atoms with Crippen LogP contribution in [0, 0.1) is 6.57 Å². The van der Waals surface area contributed by atoms with Crippen LogP contribution in [0.4, 0.5) is 11.4 Å². The highest BCUT2D eigenvalue weighted by Crippen LogP contribution is 2.25. The number of anilines is 1. The zero-order valence-electron chi connectivity index (χ0n) is 19.9. The Morgan fingerprint density at radius 3 is 2.49 bits per heavy atom. The van der Waals surface area contributed by atoms with Crippen molar-refractivity contribution in [3.8, 4) is 11.4 Å². The zero-order valence-corrected chi connectivity index (χ0v) is 19.9. The number of ether oxygens (including phenoxy) is 1. The van der Waals surface area contributed by atoms with Crippen LogP contribution in [0.3, 0.4) is 0 Å². The standard InChI is InChI=1S/C28H29N5O2/c1-29-22-5-10-27-26(18-22)21(20-30-27)4-3-12-31-14-16-32(17-15-31)23-6-8-24(9-7-23)33-13-11-25(35-2)19-28(33)34/h5-11,13,18-20,30H,3-4,12,14-17H2,2H3. The van der Waals surface area contributed by atoms with Crippen molar-refractivity contribution in [2.75, 3.05) is 44.7 Å². The third-order valence-electron chi connectivity index (χ3n) is 6.79. The molecule has 0 aliphatic carbocycles. The molecule has 0 amide bonds. The lowest BCUT2D eigenvalue weighted by Crippen LogP contribution is -2.46. The highest BCUT2D eigenvalue weighted by atomic mass is 16.5. The molecule has 0 radical (unpaired) electrons. The summed E-state index contributed by atoms with van der Waals surface area (Å²) in [5, 5.41) is 1.17. The predicted molar refractivity (Wildman–Crippen MR) is 140 cm³/mol. The van der Waals surface area contributed by atoms with Gasteiger partial charge in [0.15, 0.2) is 5.69 Å². The number of rotatable bonds is 7. The SMILES string of the molecule is [C-]#[N+]c1ccc2[nH]cc(CCCN3CCN(c4ccc(-n5ccc(OC)cc5=O)cc4)CC3)c2c1. The summed E-state index contributed by atoms with van der Waals surface area (Å²) in [5.41, 5.74) is 5.01. The van der Waals surface area contributed by atoms with Gasteiger partial charge in [-0.3, -0.25) is 14.3 Å². The summed E-state index contributed by atoms with van der Waals surface area (Å²) < 4.78 is 6.75. The molecular weight excluding hydrogens is 438 g/mol. The van der Waals surface area contributed by atoms with Crippen LogP contribution < -0.4 is 15.2 Å². The normalized spacial score (nSPS) is 14.2. The molecule has 4 aromatic rings. The highest BCUT2D eigenvalue weighted by molar-refractivity contribution is 5.86. The number of methoxy groups -OCH3 is 1. The maximum Gasteiger partial charge on any atom is 0.258 e. The maximum atomic E-state index is 12.3. The lowest BCUT2D eigenvalue weighted by atomic mass is 10.1. The predicted octanol–water partition coefficient (Wildman–Crippen LogP) is 4.63. The topological polar surface area (TPSA) is 57.9 Å². The second kappa shape index (κ2) is 10.1. The van der Waals surface area contributed by atoms with Crippen molar-refractivity contribution in [3.05, 3.63) is 94.3 Å². The van der Waals surface area contributed by atoms with Gasteiger partial charge in [-0.25, -0.2) is 4.85 Å². The molecule has 178 valence electrons. The van der Waals surface area contributed by atoms with Crippen molar-refractivity contribution in [3.63, 3.8) is 0 Å². The molecule has 7 nitrogen and oxygen atoms in total. The van der Waals surface area contributed by atoms with E-state index < -0.39 is 0 Å². The third kappa shape index (κ3) is 4.93. The number of nitrogens with zero attached hydrogens (tertiary/aromatic N) is 4. The van der Waals surface area contributed by atoms with Gasteiger partial charge in [-0.05, 0) is 72.8 Å². The molecule has 0 unspecified atom stereocenters. The molecule has 35 heavy (non-hydrogen) atoms. The largest absolute Gasteiger partial charge is 0.497 e. The molecule has 1 saturated heterocycles. The van der Waals surface area contributed by atoms with Crippen molar-refractivity contribution < 1.29 is 4.74 Å². The molecule has 0 saturated carbocycles. The molecule has 1 fully saturated rings. The van der Waals surface area contributed by atoms with Gasteiger partial charge in [0, 0.05) is 61.5 Å². The number of hydrogen-bond acceptors (Lipinski definition) is 4. The van der Waals surface area contributed by atoms with Crippen LogP contribution in [-0.4, -0.2) is 54.3 Å². The van der Waals surface area contributed by atoms with Gasteiger partial charge in [-0.15, -0.1) is 0 Å². The Hall–Kier alpha value is -4.02. The number of pyridine rings is 1. The second-order valence-electron chi connectivity index (χ2n) is 8.88. The first-order valence-corrected chi connectivity index (χ1v) is 12.0. The number of benzene rings is 2. The Bertz CT molecular complexity index is 1410. The van der Waals surface area contributed by atoms with Crippen LogP contribution in [0.25, 0.3) is 21.4 Å². The Balaban J connectivity index is 1.13. The number of aromatic amines is 1. The second-order valence-corrected chi connectivity index (χ2v) is 8.88. The molecule has 7 heteroatoms. The number of piperazine rings is 1. The van der Waals surface area contributed by atoms with Gasteiger partial charge >= 0.3 is 0 Å². The van der Waals surface area contributed by atoms with Gasteiger partial charge in [-0.1, -0.05) is 6.07 Å². The van der Waals surface area contributed by atoms with E-state index in [0.717, 1.165) is 56.8 Å². The quantitative estimate of drug-likeness (QED) is 0.403. The Morgan fingerprint density at radius 1 is 1.00 bits per heavy atom. The number of hydrogen-bond donors (Lipinski definition) is 1. The first-order valence-electron chi connectivity index (χ1n) is 12.0. The highest BCUT2D eigenvalue weighted by Gasteiger charge is 2.17. The molecule has 2 aromatic carbocycles.